The molecule has 0 unspecified atom stereocenters. The minimum atomic E-state index is -0.0746. The fraction of sp³-hybridized carbons (Fsp3) is 0.333. The molecule has 0 amide bonds. The van der Waals surface area contributed by atoms with Crippen molar-refractivity contribution in [3.8, 4) is 0 Å². The van der Waals surface area contributed by atoms with Crippen molar-refractivity contribution in [2.24, 2.45) is 0 Å². The lowest BCUT2D eigenvalue weighted by molar-refractivity contribution is 0.950. The SMILES string of the molecule is CCc1ncc(I)[nH]c1=O. The van der Waals surface area contributed by atoms with Crippen molar-refractivity contribution >= 4 is 22.6 Å². The van der Waals surface area contributed by atoms with Crippen LogP contribution in [-0.2, 0) is 6.42 Å². The van der Waals surface area contributed by atoms with Crippen LogP contribution in [0.5, 0.6) is 0 Å². The zero-order valence-electron chi connectivity index (χ0n) is 5.52. The monoisotopic (exact) mass is 250 g/mol. The van der Waals surface area contributed by atoms with Crippen LogP contribution in [-0.4, -0.2) is 9.97 Å². The average Bonchev–Trinajstić information content (AvgIpc) is 1.88. The van der Waals surface area contributed by atoms with Crippen molar-refractivity contribution in [2.75, 3.05) is 0 Å². The Labute approximate surface area is 72.0 Å². The van der Waals surface area contributed by atoms with Gasteiger partial charge in [-0.15, -0.1) is 0 Å². The van der Waals surface area contributed by atoms with Gasteiger partial charge in [-0.05, 0) is 29.0 Å². The highest BCUT2D eigenvalue weighted by Crippen LogP contribution is 1.93. The van der Waals surface area contributed by atoms with Gasteiger partial charge in [0.05, 0.1) is 9.90 Å². The Hall–Kier alpha value is -0.390. The molecule has 0 atom stereocenters. The fourth-order valence-electron chi connectivity index (χ4n) is 0.658. The summed E-state index contributed by atoms with van der Waals surface area (Å²) in [5.41, 5.74) is 0.523. The molecule has 1 rings (SSSR count). The quantitative estimate of drug-likeness (QED) is 0.754. The van der Waals surface area contributed by atoms with Crippen LogP contribution in [0.3, 0.4) is 0 Å². The first-order valence-corrected chi connectivity index (χ1v) is 4.05. The molecular weight excluding hydrogens is 243 g/mol. The largest absolute Gasteiger partial charge is 0.315 e. The van der Waals surface area contributed by atoms with E-state index >= 15 is 0 Å². The van der Waals surface area contributed by atoms with Crippen LogP contribution in [0.15, 0.2) is 11.0 Å². The molecule has 0 aliphatic carbocycles. The summed E-state index contributed by atoms with van der Waals surface area (Å²) < 4.78 is 0.778. The van der Waals surface area contributed by atoms with E-state index in [1.54, 1.807) is 6.20 Å². The number of nitrogens with zero attached hydrogens (tertiary/aromatic N) is 1. The van der Waals surface area contributed by atoms with Crippen molar-refractivity contribution in [1.82, 2.24) is 9.97 Å². The van der Waals surface area contributed by atoms with Crippen LogP contribution >= 0.6 is 22.6 Å². The molecule has 0 saturated heterocycles. The Morgan fingerprint density at radius 2 is 2.50 bits per heavy atom. The van der Waals surface area contributed by atoms with Gasteiger partial charge >= 0.3 is 0 Å². The summed E-state index contributed by atoms with van der Waals surface area (Å²) in [5.74, 6) is 0. The lowest BCUT2D eigenvalue weighted by atomic mass is 10.3. The Morgan fingerprint density at radius 3 is 3.00 bits per heavy atom. The topological polar surface area (TPSA) is 45.8 Å². The van der Waals surface area contributed by atoms with E-state index in [1.807, 2.05) is 29.5 Å². The lowest BCUT2D eigenvalue weighted by Crippen LogP contribution is -2.14. The van der Waals surface area contributed by atoms with Crippen LogP contribution in [0.25, 0.3) is 0 Å². The number of aromatic amines is 1. The average molecular weight is 250 g/mol. The number of rotatable bonds is 1. The van der Waals surface area contributed by atoms with E-state index in [9.17, 15) is 4.79 Å². The second-order valence-corrected chi connectivity index (χ2v) is 3.02. The highest BCUT2D eigenvalue weighted by Gasteiger charge is 1.96. The van der Waals surface area contributed by atoms with Crippen LogP contribution < -0.4 is 5.56 Å². The number of nitrogens with one attached hydrogen (secondary N) is 1. The molecule has 54 valence electrons. The maximum Gasteiger partial charge on any atom is 0.270 e. The van der Waals surface area contributed by atoms with Gasteiger partial charge in [0.25, 0.3) is 5.56 Å². The molecule has 1 aromatic heterocycles. The normalized spacial score (nSPS) is 9.80. The second kappa shape index (κ2) is 3.14. The maximum absolute atomic E-state index is 10.9. The van der Waals surface area contributed by atoms with Crippen LogP contribution in [0.4, 0.5) is 0 Å². The molecule has 0 aromatic carbocycles. The zero-order valence-corrected chi connectivity index (χ0v) is 7.68. The molecule has 0 spiro atoms. The smallest absolute Gasteiger partial charge is 0.270 e. The van der Waals surface area contributed by atoms with E-state index in [-0.39, 0.29) is 5.56 Å². The maximum atomic E-state index is 10.9. The van der Waals surface area contributed by atoms with E-state index in [1.165, 1.54) is 0 Å². The van der Waals surface area contributed by atoms with Crippen molar-refractivity contribution in [1.29, 1.82) is 0 Å². The summed E-state index contributed by atoms with van der Waals surface area (Å²) in [5, 5.41) is 0. The summed E-state index contributed by atoms with van der Waals surface area (Å²) in [4.78, 5) is 17.6. The second-order valence-electron chi connectivity index (χ2n) is 1.86. The van der Waals surface area contributed by atoms with Gasteiger partial charge in [0, 0.05) is 0 Å². The Morgan fingerprint density at radius 1 is 1.80 bits per heavy atom. The number of halogens is 1. The standard InChI is InChI=1S/C6H7IN2O/c1-2-4-6(10)9-5(7)3-8-4/h3H,2H2,1H3,(H,9,10). The summed E-state index contributed by atoms with van der Waals surface area (Å²) in [6.45, 7) is 1.91. The first kappa shape index (κ1) is 7.71. The lowest BCUT2D eigenvalue weighted by Gasteiger charge is -1.92. The number of H-pyrrole nitrogens is 1. The van der Waals surface area contributed by atoms with Crippen molar-refractivity contribution in [3.05, 3.63) is 25.9 Å². The van der Waals surface area contributed by atoms with E-state index < -0.39 is 0 Å². The molecule has 4 heteroatoms. The predicted octanol–water partition coefficient (Wildman–Crippen LogP) is 0.937. The van der Waals surface area contributed by atoms with Gasteiger partial charge in [-0.3, -0.25) is 9.78 Å². The van der Waals surface area contributed by atoms with Crippen molar-refractivity contribution in [2.45, 2.75) is 13.3 Å². The Kier molecular flexibility index (Phi) is 2.42. The van der Waals surface area contributed by atoms with E-state index in [0.29, 0.717) is 12.1 Å². The first-order chi connectivity index (χ1) is 4.74. The molecule has 0 aliphatic heterocycles. The van der Waals surface area contributed by atoms with Crippen LogP contribution in [0.2, 0.25) is 0 Å². The Balaban J connectivity index is 3.20. The molecule has 3 nitrogen and oxygen atoms in total. The van der Waals surface area contributed by atoms with Crippen molar-refractivity contribution in [3.63, 3.8) is 0 Å². The third-order valence-electron chi connectivity index (χ3n) is 1.16. The van der Waals surface area contributed by atoms with E-state index in [2.05, 4.69) is 9.97 Å². The molecular formula is C6H7IN2O. The molecule has 0 radical (unpaired) electrons. The molecule has 0 saturated carbocycles. The van der Waals surface area contributed by atoms with Crippen molar-refractivity contribution < 1.29 is 0 Å². The summed E-state index contributed by atoms with van der Waals surface area (Å²) >= 11 is 2.02. The molecule has 1 N–H and O–H groups in total. The van der Waals surface area contributed by atoms with Gasteiger partial charge < -0.3 is 4.98 Å². The molecule has 0 bridgehead atoms. The van der Waals surface area contributed by atoms with Gasteiger partial charge in [0.15, 0.2) is 0 Å². The summed E-state index contributed by atoms with van der Waals surface area (Å²) in [7, 11) is 0. The number of aromatic nitrogens is 2. The fourth-order valence-corrected chi connectivity index (χ4v) is 1.04. The third kappa shape index (κ3) is 1.56. The van der Waals surface area contributed by atoms with Gasteiger partial charge in [-0.1, -0.05) is 6.92 Å². The summed E-state index contributed by atoms with van der Waals surface area (Å²) in [6, 6.07) is 0. The van der Waals surface area contributed by atoms with E-state index in [4.69, 9.17) is 0 Å². The molecule has 0 fully saturated rings. The highest BCUT2D eigenvalue weighted by molar-refractivity contribution is 14.1. The minimum Gasteiger partial charge on any atom is -0.315 e. The predicted molar refractivity (Wildman–Crippen MR) is 47.0 cm³/mol. The summed E-state index contributed by atoms with van der Waals surface area (Å²) in [6.07, 6.45) is 2.34. The van der Waals surface area contributed by atoms with E-state index in [0.717, 1.165) is 3.70 Å². The molecule has 10 heavy (non-hydrogen) atoms. The minimum absolute atomic E-state index is 0.0746. The van der Waals surface area contributed by atoms with Gasteiger partial charge in [0.1, 0.15) is 5.69 Å². The number of hydrogen-bond donors (Lipinski definition) is 1. The number of aryl methyl sites for hydroxylation is 1. The molecule has 1 aromatic rings. The first-order valence-electron chi connectivity index (χ1n) is 2.97. The van der Waals surface area contributed by atoms with Gasteiger partial charge in [-0.2, -0.15) is 0 Å². The third-order valence-corrected chi connectivity index (χ3v) is 1.71. The zero-order chi connectivity index (χ0) is 7.56. The van der Waals surface area contributed by atoms with Gasteiger partial charge in [-0.25, -0.2) is 0 Å². The van der Waals surface area contributed by atoms with Gasteiger partial charge in [0.2, 0.25) is 0 Å². The molecule has 1 heterocycles. The van der Waals surface area contributed by atoms with Crippen LogP contribution in [0.1, 0.15) is 12.6 Å². The Bertz CT molecular complexity index is 281. The highest BCUT2D eigenvalue weighted by atomic mass is 127. The molecule has 0 aliphatic rings. The van der Waals surface area contributed by atoms with Crippen LogP contribution in [0, 0.1) is 3.70 Å². The number of hydrogen-bond acceptors (Lipinski definition) is 2.